The molecule has 0 fully saturated rings. The van der Waals surface area contributed by atoms with E-state index >= 15 is 0 Å². The van der Waals surface area contributed by atoms with Crippen molar-refractivity contribution in [1.29, 1.82) is 0 Å². The molecule has 0 radical (unpaired) electrons. The van der Waals surface area contributed by atoms with Gasteiger partial charge in [-0.15, -0.1) is 0 Å². The van der Waals surface area contributed by atoms with Crippen molar-refractivity contribution < 1.29 is 8.85 Å². The predicted octanol–water partition coefficient (Wildman–Crippen LogP) is 7.61. The first-order valence-electron chi connectivity index (χ1n) is 11.0. The van der Waals surface area contributed by atoms with E-state index < -0.39 is 8.56 Å². The molecule has 0 amide bonds. The Labute approximate surface area is 154 Å². The molecule has 0 spiro atoms. The van der Waals surface area contributed by atoms with Crippen LogP contribution in [0.2, 0.25) is 12.6 Å². The first kappa shape index (κ1) is 24.1. The van der Waals surface area contributed by atoms with Crippen LogP contribution in [0.5, 0.6) is 0 Å². The highest BCUT2D eigenvalue weighted by Gasteiger charge is 2.30. The minimum Gasteiger partial charge on any atom is -0.394 e. The zero-order chi connectivity index (χ0) is 17.9. The lowest BCUT2D eigenvalue weighted by Crippen LogP contribution is -2.39. The molecule has 3 heteroatoms. The zero-order valence-electron chi connectivity index (χ0n) is 17.3. The van der Waals surface area contributed by atoms with Crippen molar-refractivity contribution in [2.75, 3.05) is 13.2 Å². The monoisotopic (exact) mass is 358 g/mol. The third-order valence-corrected chi connectivity index (χ3v) is 7.69. The molecule has 146 valence electrons. The lowest BCUT2D eigenvalue weighted by atomic mass is 10.1. The van der Waals surface area contributed by atoms with Gasteiger partial charge in [0.05, 0.1) is 0 Å². The van der Waals surface area contributed by atoms with E-state index in [1.165, 1.54) is 83.1 Å². The summed E-state index contributed by atoms with van der Waals surface area (Å²) in [5, 5.41) is 0. The van der Waals surface area contributed by atoms with E-state index in [4.69, 9.17) is 8.85 Å². The highest BCUT2D eigenvalue weighted by atomic mass is 28.4. The molecule has 2 nitrogen and oxygen atoms in total. The molecule has 0 heterocycles. The van der Waals surface area contributed by atoms with Crippen LogP contribution in [0.1, 0.15) is 111 Å². The lowest BCUT2D eigenvalue weighted by Gasteiger charge is -2.27. The van der Waals surface area contributed by atoms with E-state index in [2.05, 4.69) is 27.3 Å². The molecule has 0 N–H and O–H groups in total. The Kier molecular flexibility index (Phi) is 18.0. The molecule has 0 saturated carbocycles. The molecule has 0 atom stereocenters. The average molecular weight is 359 g/mol. The van der Waals surface area contributed by atoms with Crippen molar-refractivity contribution in [2.24, 2.45) is 0 Å². The van der Waals surface area contributed by atoms with Gasteiger partial charge in [-0.25, -0.2) is 0 Å². The van der Waals surface area contributed by atoms with Gasteiger partial charge >= 0.3 is 8.56 Å². The van der Waals surface area contributed by atoms with Crippen LogP contribution in [0.25, 0.3) is 0 Å². The standard InChI is InChI=1S/C21H46O2Si/c1-5-8-11-12-13-14-15-16-17-18-21-24(4,22-19-9-6-2)23-20-10-7-3/h5-21H2,1-4H3. The Morgan fingerprint density at radius 2 is 0.875 bits per heavy atom. The number of rotatable bonds is 19. The van der Waals surface area contributed by atoms with Crippen LogP contribution in [-0.2, 0) is 8.85 Å². The van der Waals surface area contributed by atoms with Gasteiger partial charge in [0.25, 0.3) is 0 Å². The van der Waals surface area contributed by atoms with Gasteiger partial charge < -0.3 is 8.85 Å². The predicted molar refractivity (Wildman–Crippen MR) is 110 cm³/mol. The fourth-order valence-electron chi connectivity index (χ4n) is 2.98. The van der Waals surface area contributed by atoms with Crippen molar-refractivity contribution in [3.05, 3.63) is 0 Å². The molecule has 0 aliphatic rings. The van der Waals surface area contributed by atoms with E-state index in [1.54, 1.807) is 0 Å². The van der Waals surface area contributed by atoms with E-state index in [0.717, 1.165) is 26.1 Å². The number of hydrogen-bond acceptors (Lipinski definition) is 2. The molecule has 0 bridgehead atoms. The van der Waals surface area contributed by atoms with E-state index in [1.807, 2.05) is 0 Å². The third kappa shape index (κ3) is 15.7. The summed E-state index contributed by atoms with van der Waals surface area (Å²) in [4.78, 5) is 0. The van der Waals surface area contributed by atoms with Gasteiger partial charge in [0, 0.05) is 13.2 Å². The van der Waals surface area contributed by atoms with Gasteiger partial charge in [-0.1, -0.05) is 97.8 Å². The van der Waals surface area contributed by atoms with Crippen LogP contribution >= 0.6 is 0 Å². The molecule has 0 unspecified atom stereocenters. The van der Waals surface area contributed by atoms with Crippen LogP contribution in [-0.4, -0.2) is 21.8 Å². The summed E-state index contributed by atoms with van der Waals surface area (Å²) in [6.07, 6.45) is 18.7. The summed E-state index contributed by atoms with van der Waals surface area (Å²) in [7, 11) is -1.91. The fourth-order valence-corrected chi connectivity index (χ4v) is 5.40. The molecule has 0 aromatic carbocycles. The van der Waals surface area contributed by atoms with Gasteiger partial charge in [-0.2, -0.15) is 0 Å². The second kappa shape index (κ2) is 17.9. The van der Waals surface area contributed by atoms with Crippen LogP contribution in [0.3, 0.4) is 0 Å². The van der Waals surface area contributed by atoms with Gasteiger partial charge in [0.1, 0.15) is 0 Å². The van der Waals surface area contributed by atoms with Gasteiger partial charge in [0.15, 0.2) is 0 Å². The maximum atomic E-state index is 6.22. The Balaban J connectivity index is 3.72. The van der Waals surface area contributed by atoms with Crippen molar-refractivity contribution in [1.82, 2.24) is 0 Å². The fraction of sp³-hybridized carbons (Fsp3) is 1.00. The Bertz CT molecular complexity index is 236. The molecule has 0 aliphatic heterocycles. The topological polar surface area (TPSA) is 18.5 Å². The van der Waals surface area contributed by atoms with Crippen LogP contribution in [0.4, 0.5) is 0 Å². The van der Waals surface area contributed by atoms with E-state index in [9.17, 15) is 0 Å². The normalized spacial score (nSPS) is 12.0. The Morgan fingerprint density at radius 3 is 1.29 bits per heavy atom. The summed E-state index contributed by atoms with van der Waals surface area (Å²) in [6, 6.07) is 1.18. The summed E-state index contributed by atoms with van der Waals surface area (Å²) in [5.74, 6) is 0. The average Bonchev–Trinajstić information content (AvgIpc) is 2.57. The minimum absolute atomic E-state index is 0.892. The summed E-state index contributed by atoms with van der Waals surface area (Å²) in [6.45, 7) is 10.8. The van der Waals surface area contributed by atoms with E-state index in [-0.39, 0.29) is 0 Å². The molecule has 0 rings (SSSR count). The molecule has 0 saturated heterocycles. The minimum atomic E-state index is -1.91. The van der Waals surface area contributed by atoms with Crippen molar-refractivity contribution in [3.8, 4) is 0 Å². The van der Waals surface area contributed by atoms with Crippen LogP contribution in [0.15, 0.2) is 0 Å². The molecule has 0 aromatic rings. The number of hydrogen-bond donors (Lipinski definition) is 0. The largest absolute Gasteiger partial charge is 0.394 e. The lowest BCUT2D eigenvalue weighted by molar-refractivity contribution is 0.168. The maximum Gasteiger partial charge on any atom is 0.334 e. The molecular formula is C21H46O2Si. The SMILES string of the molecule is CCCCCCCCCCCC[Si](C)(OCCCC)OCCCC. The van der Waals surface area contributed by atoms with Crippen molar-refractivity contribution >= 4 is 8.56 Å². The second-order valence-corrected chi connectivity index (χ2v) is 10.8. The maximum absolute atomic E-state index is 6.22. The number of unbranched alkanes of at least 4 members (excludes halogenated alkanes) is 11. The summed E-state index contributed by atoms with van der Waals surface area (Å²) in [5.41, 5.74) is 0. The van der Waals surface area contributed by atoms with Crippen molar-refractivity contribution in [2.45, 2.75) is 123 Å². The van der Waals surface area contributed by atoms with Crippen LogP contribution < -0.4 is 0 Å². The molecule has 24 heavy (non-hydrogen) atoms. The second-order valence-electron chi connectivity index (χ2n) is 7.47. The zero-order valence-corrected chi connectivity index (χ0v) is 18.3. The highest BCUT2D eigenvalue weighted by molar-refractivity contribution is 6.66. The van der Waals surface area contributed by atoms with E-state index in [0.29, 0.717) is 0 Å². The van der Waals surface area contributed by atoms with Crippen molar-refractivity contribution in [3.63, 3.8) is 0 Å². The summed E-state index contributed by atoms with van der Waals surface area (Å²) < 4.78 is 12.4. The quantitative estimate of drug-likeness (QED) is 0.175. The smallest absolute Gasteiger partial charge is 0.334 e. The first-order chi connectivity index (χ1) is 11.7. The molecule has 0 aliphatic carbocycles. The van der Waals surface area contributed by atoms with Gasteiger partial charge in [0.2, 0.25) is 0 Å². The molecular weight excluding hydrogens is 312 g/mol. The summed E-state index contributed by atoms with van der Waals surface area (Å²) >= 11 is 0. The van der Waals surface area contributed by atoms with Crippen LogP contribution in [0, 0.1) is 0 Å². The highest BCUT2D eigenvalue weighted by Crippen LogP contribution is 2.20. The third-order valence-electron chi connectivity index (χ3n) is 4.80. The Hall–Kier alpha value is 0.137. The molecule has 0 aromatic heterocycles. The van der Waals surface area contributed by atoms with Gasteiger partial charge in [-0.3, -0.25) is 0 Å². The first-order valence-corrected chi connectivity index (χ1v) is 13.5. The van der Waals surface area contributed by atoms with Gasteiger partial charge in [-0.05, 0) is 25.4 Å². The Morgan fingerprint density at radius 1 is 0.500 bits per heavy atom.